The highest BCUT2D eigenvalue weighted by atomic mass is 16.6. The molecule has 0 N–H and O–H groups in total. The Morgan fingerprint density at radius 1 is 0.333 bits per heavy atom. The molecule has 0 saturated carbocycles. The fraction of sp³-hybridized carbons (Fsp3) is 0.0185. The average molecular weight is 730 g/mol. The lowest BCUT2D eigenvalue weighted by molar-refractivity contribution is 0.360. The molecule has 2 aliphatic rings. The molecule has 0 atom stereocenters. The van der Waals surface area contributed by atoms with E-state index in [9.17, 15) is 0 Å². The highest BCUT2D eigenvalue weighted by Crippen LogP contribution is 2.62. The summed E-state index contributed by atoms with van der Waals surface area (Å²) in [6.07, 6.45) is 0. The minimum absolute atomic E-state index is 0.537. The first-order valence-corrected chi connectivity index (χ1v) is 19.4. The van der Waals surface area contributed by atoms with E-state index >= 15 is 0 Å². The molecular formula is C54H35NO2. The van der Waals surface area contributed by atoms with Gasteiger partial charge in [-0.2, -0.15) is 0 Å². The predicted octanol–water partition coefficient (Wildman–Crippen LogP) is 14.0. The highest BCUT2D eigenvalue weighted by Gasteiger charge is 2.48. The van der Waals surface area contributed by atoms with Crippen molar-refractivity contribution in [2.75, 3.05) is 0 Å². The molecule has 0 saturated heterocycles. The van der Waals surface area contributed by atoms with Gasteiger partial charge in [-0.3, -0.25) is 0 Å². The number of benzene rings is 8. The van der Waals surface area contributed by atoms with Crippen LogP contribution in [0.15, 0.2) is 212 Å². The minimum atomic E-state index is -0.537. The van der Waals surface area contributed by atoms with Crippen LogP contribution in [0.25, 0.3) is 55.9 Å². The second-order valence-electron chi connectivity index (χ2n) is 14.6. The molecule has 1 aliphatic carbocycles. The summed E-state index contributed by atoms with van der Waals surface area (Å²) < 4.78 is 13.7. The summed E-state index contributed by atoms with van der Waals surface area (Å²) in [5.74, 6) is 2.75. The average Bonchev–Trinajstić information content (AvgIpc) is 3.61. The fourth-order valence-electron chi connectivity index (χ4n) is 8.84. The maximum atomic E-state index is 7.05. The molecule has 1 aromatic heterocycles. The summed E-state index contributed by atoms with van der Waals surface area (Å²) in [4.78, 5) is 5.30. The van der Waals surface area contributed by atoms with E-state index in [4.69, 9.17) is 14.5 Å². The maximum absolute atomic E-state index is 7.05. The van der Waals surface area contributed by atoms with E-state index in [2.05, 4.69) is 194 Å². The van der Waals surface area contributed by atoms with Crippen molar-refractivity contribution in [1.82, 2.24) is 4.98 Å². The van der Waals surface area contributed by atoms with E-state index in [0.29, 0.717) is 17.2 Å². The van der Waals surface area contributed by atoms with Crippen molar-refractivity contribution >= 4 is 0 Å². The Hall–Kier alpha value is -7.49. The monoisotopic (exact) mass is 729 g/mol. The molecular weight excluding hydrogens is 695 g/mol. The van der Waals surface area contributed by atoms with E-state index in [-0.39, 0.29) is 0 Å². The Bertz CT molecular complexity index is 2900. The standard InChI is InChI=1S/C54H35NO2/c1-5-16-36(17-6-1)38-20-15-21-39(32-38)47-33-41(37-18-7-2-8-19-37)34-48(55-47)40-28-30-49-51(35-40)57-53-50(56-49)31-29-46-52(53)44-26-13-14-27-45(44)54(46,42-22-9-3-10-23-42)43-24-11-4-12-25-43/h1-35H. The number of aromatic nitrogens is 1. The van der Waals surface area contributed by atoms with E-state index in [0.717, 1.165) is 56.1 Å². The molecule has 0 bridgehead atoms. The molecule has 3 heteroatoms. The normalized spacial score (nSPS) is 13.0. The molecule has 268 valence electrons. The maximum Gasteiger partial charge on any atom is 0.178 e. The number of fused-ring (bicyclic) bond motifs is 6. The van der Waals surface area contributed by atoms with Gasteiger partial charge in [-0.05, 0) is 92.5 Å². The molecule has 2 heterocycles. The smallest absolute Gasteiger partial charge is 0.178 e. The zero-order chi connectivity index (χ0) is 37.8. The van der Waals surface area contributed by atoms with Gasteiger partial charge in [0.2, 0.25) is 0 Å². The first-order chi connectivity index (χ1) is 28.2. The van der Waals surface area contributed by atoms with Crippen LogP contribution in [0.2, 0.25) is 0 Å². The van der Waals surface area contributed by atoms with Crippen molar-refractivity contribution in [3.8, 4) is 78.9 Å². The summed E-state index contributed by atoms with van der Waals surface area (Å²) >= 11 is 0. The Balaban J connectivity index is 1.05. The lowest BCUT2D eigenvalue weighted by Crippen LogP contribution is -2.28. The Labute approximate surface area is 332 Å². The second kappa shape index (κ2) is 13.4. The molecule has 8 aromatic carbocycles. The van der Waals surface area contributed by atoms with Gasteiger partial charge in [-0.25, -0.2) is 4.98 Å². The van der Waals surface area contributed by atoms with Crippen molar-refractivity contribution in [1.29, 1.82) is 0 Å². The molecule has 11 rings (SSSR count). The summed E-state index contributed by atoms with van der Waals surface area (Å²) in [7, 11) is 0. The van der Waals surface area contributed by atoms with E-state index in [1.807, 2.05) is 18.2 Å². The van der Waals surface area contributed by atoms with Crippen LogP contribution in [-0.4, -0.2) is 4.98 Å². The molecule has 1 aliphatic heterocycles. The molecule has 3 nitrogen and oxygen atoms in total. The number of pyridine rings is 1. The number of hydrogen-bond donors (Lipinski definition) is 0. The van der Waals surface area contributed by atoms with Gasteiger partial charge in [-0.1, -0.05) is 170 Å². The van der Waals surface area contributed by atoms with Crippen LogP contribution in [0.4, 0.5) is 0 Å². The van der Waals surface area contributed by atoms with Crippen molar-refractivity contribution < 1.29 is 9.47 Å². The molecule has 0 amide bonds. The van der Waals surface area contributed by atoms with Crippen LogP contribution in [-0.2, 0) is 5.41 Å². The van der Waals surface area contributed by atoms with E-state index < -0.39 is 5.41 Å². The van der Waals surface area contributed by atoms with Gasteiger partial charge >= 0.3 is 0 Å². The van der Waals surface area contributed by atoms with Gasteiger partial charge in [0.1, 0.15) is 0 Å². The van der Waals surface area contributed by atoms with Crippen LogP contribution >= 0.6 is 0 Å². The van der Waals surface area contributed by atoms with E-state index in [1.165, 1.54) is 27.8 Å². The molecule has 9 aromatic rings. The Morgan fingerprint density at radius 2 is 0.877 bits per heavy atom. The predicted molar refractivity (Wildman–Crippen MR) is 230 cm³/mol. The summed E-state index contributed by atoms with van der Waals surface area (Å²) in [6.45, 7) is 0. The first kappa shape index (κ1) is 32.9. The van der Waals surface area contributed by atoms with Crippen LogP contribution < -0.4 is 9.47 Å². The van der Waals surface area contributed by atoms with Gasteiger partial charge in [0, 0.05) is 16.7 Å². The largest absolute Gasteiger partial charge is 0.449 e. The van der Waals surface area contributed by atoms with Gasteiger partial charge in [0.05, 0.1) is 16.8 Å². The molecule has 0 unspecified atom stereocenters. The SMILES string of the molecule is c1ccc(-c2cccc(-c3cc(-c4ccccc4)cc(-c4ccc5c(c4)Oc4c(ccc6c4-c4ccccc4C6(c4ccccc4)c4ccccc4)O5)n3)c2)cc1. The Kier molecular flexibility index (Phi) is 7.71. The van der Waals surface area contributed by atoms with Crippen LogP contribution in [0.1, 0.15) is 22.3 Å². The third-order valence-electron chi connectivity index (χ3n) is 11.4. The minimum Gasteiger partial charge on any atom is -0.449 e. The lowest BCUT2D eigenvalue weighted by Gasteiger charge is -2.34. The third-order valence-corrected chi connectivity index (χ3v) is 11.4. The molecule has 57 heavy (non-hydrogen) atoms. The zero-order valence-electron chi connectivity index (χ0n) is 31.0. The zero-order valence-corrected chi connectivity index (χ0v) is 31.0. The second-order valence-corrected chi connectivity index (χ2v) is 14.6. The van der Waals surface area contributed by atoms with Crippen LogP contribution in [0.3, 0.4) is 0 Å². The molecule has 0 radical (unpaired) electrons. The number of rotatable bonds is 6. The lowest BCUT2D eigenvalue weighted by atomic mass is 9.68. The van der Waals surface area contributed by atoms with Crippen molar-refractivity contribution in [2.45, 2.75) is 5.41 Å². The molecule has 0 fully saturated rings. The van der Waals surface area contributed by atoms with Gasteiger partial charge in [0.15, 0.2) is 23.0 Å². The number of nitrogens with zero attached hydrogens (tertiary/aromatic N) is 1. The third kappa shape index (κ3) is 5.39. The van der Waals surface area contributed by atoms with Crippen molar-refractivity contribution in [2.24, 2.45) is 0 Å². The topological polar surface area (TPSA) is 31.4 Å². The van der Waals surface area contributed by atoms with Gasteiger partial charge in [-0.15, -0.1) is 0 Å². The Morgan fingerprint density at radius 3 is 1.56 bits per heavy atom. The quantitative estimate of drug-likeness (QED) is 0.171. The first-order valence-electron chi connectivity index (χ1n) is 19.4. The number of hydrogen-bond acceptors (Lipinski definition) is 3. The number of ether oxygens (including phenoxy) is 2. The summed E-state index contributed by atoms with van der Waals surface area (Å²) in [5.41, 5.74) is 14.7. The fourth-order valence-corrected chi connectivity index (χ4v) is 8.84. The van der Waals surface area contributed by atoms with Crippen LogP contribution in [0, 0.1) is 0 Å². The highest BCUT2D eigenvalue weighted by molar-refractivity contribution is 5.92. The van der Waals surface area contributed by atoms with Crippen LogP contribution in [0.5, 0.6) is 23.0 Å². The van der Waals surface area contributed by atoms with Gasteiger partial charge in [0.25, 0.3) is 0 Å². The summed E-state index contributed by atoms with van der Waals surface area (Å²) in [5, 5.41) is 0. The van der Waals surface area contributed by atoms with E-state index in [1.54, 1.807) is 0 Å². The molecule has 0 spiro atoms. The summed E-state index contributed by atoms with van der Waals surface area (Å²) in [6, 6.07) is 74.7. The van der Waals surface area contributed by atoms with Crippen molar-refractivity contribution in [3.63, 3.8) is 0 Å². The van der Waals surface area contributed by atoms with Gasteiger partial charge < -0.3 is 9.47 Å². The van der Waals surface area contributed by atoms with Crippen molar-refractivity contribution in [3.05, 3.63) is 235 Å².